The second-order valence-corrected chi connectivity index (χ2v) is 7.50. The minimum absolute atomic E-state index is 0.0286. The molecule has 0 amide bonds. The molecule has 1 heterocycles. The Bertz CT molecular complexity index is 1130. The molecule has 3 aromatic rings. The first kappa shape index (κ1) is 18.6. The van der Waals surface area contributed by atoms with Crippen molar-refractivity contribution in [2.75, 3.05) is 18.9 Å². The highest BCUT2D eigenvalue weighted by Crippen LogP contribution is 2.34. The predicted octanol–water partition coefficient (Wildman–Crippen LogP) is 2.99. The number of aromatic nitrogens is 1. The minimum Gasteiger partial charge on any atom is -0.497 e. The molecule has 0 saturated heterocycles. The molecule has 142 valence electrons. The van der Waals surface area contributed by atoms with Crippen molar-refractivity contribution in [2.24, 2.45) is 0 Å². The Morgan fingerprint density at radius 3 is 2.48 bits per heavy atom. The van der Waals surface area contributed by atoms with E-state index in [1.54, 1.807) is 18.2 Å². The van der Waals surface area contributed by atoms with Gasteiger partial charge in [-0.05, 0) is 31.2 Å². The molecule has 0 atom stereocenters. The molecule has 27 heavy (non-hydrogen) atoms. The van der Waals surface area contributed by atoms with E-state index in [2.05, 4.69) is 9.71 Å². The third-order valence-corrected chi connectivity index (χ3v) is 5.45. The zero-order valence-electron chi connectivity index (χ0n) is 14.9. The maximum atomic E-state index is 12.9. The average molecular weight is 390 g/mol. The number of carboxylic acids is 1. The highest BCUT2D eigenvalue weighted by molar-refractivity contribution is 7.92. The lowest BCUT2D eigenvalue weighted by Crippen LogP contribution is -2.16. The summed E-state index contributed by atoms with van der Waals surface area (Å²) in [6.07, 6.45) is 0. The molecule has 0 saturated carbocycles. The summed E-state index contributed by atoms with van der Waals surface area (Å²) >= 11 is 0. The van der Waals surface area contributed by atoms with E-state index in [1.165, 1.54) is 32.4 Å². The number of benzene rings is 2. The molecule has 3 rings (SSSR count). The maximum Gasteiger partial charge on any atom is 0.354 e. The SMILES string of the molecule is COc1ccc(S(=O)(=O)Nc2c(C(=O)O)[nH]c3ccc(C)cc23)c(OC)c1. The van der Waals surface area contributed by atoms with Gasteiger partial charge in [0.25, 0.3) is 10.0 Å². The molecule has 0 bridgehead atoms. The van der Waals surface area contributed by atoms with Crippen molar-refractivity contribution in [1.82, 2.24) is 4.98 Å². The van der Waals surface area contributed by atoms with E-state index in [0.717, 1.165) is 5.56 Å². The van der Waals surface area contributed by atoms with Crippen LogP contribution >= 0.6 is 0 Å². The maximum absolute atomic E-state index is 12.9. The third-order valence-electron chi connectivity index (χ3n) is 4.06. The number of H-pyrrole nitrogens is 1. The number of nitrogens with one attached hydrogen (secondary N) is 2. The lowest BCUT2D eigenvalue weighted by molar-refractivity contribution is 0.0692. The van der Waals surface area contributed by atoms with Gasteiger partial charge in [-0.2, -0.15) is 0 Å². The van der Waals surface area contributed by atoms with Gasteiger partial charge in [-0.25, -0.2) is 13.2 Å². The number of aromatic carboxylic acids is 1. The largest absolute Gasteiger partial charge is 0.497 e. The van der Waals surface area contributed by atoms with E-state index in [1.807, 2.05) is 6.92 Å². The number of carbonyl (C=O) groups is 1. The van der Waals surface area contributed by atoms with Crippen LogP contribution in [0.4, 0.5) is 5.69 Å². The van der Waals surface area contributed by atoms with Gasteiger partial charge >= 0.3 is 5.97 Å². The molecule has 3 N–H and O–H groups in total. The van der Waals surface area contributed by atoms with Crippen molar-refractivity contribution in [3.8, 4) is 11.5 Å². The number of hydrogen-bond donors (Lipinski definition) is 3. The van der Waals surface area contributed by atoms with Crippen LogP contribution in [0.5, 0.6) is 11.5 Å². The van der Waals surface area contributed by atoms with Crippen LogP contribution in [0.25, 0.3) is 10.9 Å². The Hall–Kier alpha value is -3.20. The summed E-state index contributed by atoms with van der Waals surface area (Å²) in [6, 6.07) is 9.46. The van der Waals surface area contributed by atoms with E-state index >= 15 is 0 Å². The van der Waals surface area contributed by atoms with E-state index < -0.39 is 16.0 Å². The van der Waals surface area contributed by atoms with Gasteiger partial charge < -0.3 is 19.6 Å². The summed E-state index contributed by atoms with van der Waals surface area (Å²) < 4.78 is 38.5. The van der Waals surface area contributed by atoms with Crippen molar-refractivity contribution in [2.45, 2.75) is 11.8 Å². The van der Waals surface area contributed by atoms with Crippen LogP contribution < -0.4 is 14.2 Å². The fraction of sp³-hybridized carbons (Fsp3) is 0.167. The van der Waals surface area contributed by atoms with Crippen LogP contribution in [0.2, 0.25) is 0 Å². The zero-order valence-corrected chi connectivity index (χ0v) is 15.7. The lowest BCUT2D eigenvalue weighted by Gasteiger charge is -2.13. The predicted molar refractivity (Wildman–Crippen MR) is 100 cm³/mol. The highest BCUT2D eigenvalue weighted by Gasteiger charge is 2.25. The Morgan fingerprint density at radius 1 is 1.11 bits per heavy atom. The Morgan fingerprint density at radius 2 is 1.85 bits per heavy atom. The van der Waals surface area contributed by atoms with Gasteiger partial charge in [0.15, 0.2) is 0 Å². The normalized spacial score (nSPS) is 11.4. The van der Waals surface area contributed by atoms with Crippen LogP contribution in [0, 0.1) is 6.92 Å². The zero-order chi connectivity index (χ0) is 19.8. The van der Waals surface area contributed by atoms with Crippen LogP contribution in [0.1, 0.15) is 16.1 Å². The van der Waals surface area contributed by atoms with Crippen LogP contribution in [-0.2, 0) is 10.0 Å². The number of fused-ring (bicyclic) bond motifs is 1. The van der Waals surface area contributed by atoms with Crippen molar-refractivity contribution in [3.63, 3.8) is 0 Å². The first-order valence-corrected chi connectivity index (χ1v) is 9.35. The van der Waals surface area contributed by atoms with Crippen molar-refractivity contribution in [1.29, 1.82) is 0 Å². The summed E-state index contributed by atoms with van der Waals surface area (Å²) in [5, 5.41) is 9.93. The topological polar surface area (TPSA) is 118 Å². The number of ether oxygens (including phenoxy) is 2. The number of anilines is 1. The second-order valence-electron chi connectivity index (χ2n) is 5.85. The lowest BCUT2D eigenvalue weighted by atomic mass is 10.1. The minimum atomic E-state index is -4.13. The summed E-state index contributed by atoms with van der Waals surface area (Å²) in [7, 11) is -1.33. The smallest absolute Gasteiger partial charge is 0.354 e. The number of rotatable bonds is 6. The number of sulfonamides is 1. The fourth-order valence-electron chi connectivity index (χ4n) is 2.76. The van der Waals surface area contributed by atoms with Gasteiger partial charge in [0.1, 0.15) is 22.1 Å². The van der Waals surface area contributed by atoms with Crippen molar-refractivity contribution in [3.05, 3.63) is 47.7 Å². The molecule has 9 heteroatoms. The Labute approximate surface area is 155 Å². The quantitative estimate of drug-likeness (QED) is 0.596. The van der Waals surface area contributed by atoms with Gasteiger partial charge in [-0.15, -0.1) is 0 Å². The van der Waals surface area contributed by atoms with Gasteiger partial charge in [-0.1, -0.05) is 11.6 Å². The molecule has 1 aromatic heterocycles. The molecule has 0 radical (unpaired) electrons. The number of aryl methyl sites for hydroxylation is 1. The number of carboxylic acid groups (broad SMARTS) is 1. The number of hydrogen-bond acceptors (Lipinski definition) is 5. The van der Waals surface area contributed by atoms with Gasteiger partial charge in [-0.3, -0.25) is 4.72 Å². The first-order chi connectivity index (χ1) is 12.8. The molecule has 0 aliphatic rings. The van der Waals surface area contributed by atoms with Gasteiger partial charge in [0.05, 0.1) is 19.9 Å². The summed E-state index contributed by atoms with van der Waals surface area (Å²) in [5.41, 5.74) is 1.10. The van der Waals surface area contributed by atoms with E-state index in [0.29, 0.717) is 16.7 Å². The molecular weight excluding hydrogens is 372 g/mol. The molecule has 0 fully saturated rings. The van der Waals surface area contributed by atoms with E-state index in [4.69, 9.17) is 9.47 Å². The highest BCUT2D eigenvalue weighted by atomic mass is 32.2. The van der Waals surface area contributed by atoms with Crippen LogP contribution in [0.15, 0.2) is 41.3 Å². The fourth-order valence-corrected chi connectivity index (χ4v) is 4.00. The number of aromatic amines is 1. The first-order valence-electron chi connectivity index (χ1n) is 7.87. The molecule has 8 nitrogen and oxygen atoms in total. The summed E-state index contributed by atoms with van der Waals surface area (Å²) in [5.74, 6) is -0.766. The molecule has 0 aliphatic heterocycles. The Balaban J connectivity index is 2.15. The summed E-state index contributed by atoms with van der Waals surface area (Å²) in [6.45, 7) is 1.83. The standard InChI is InChI=1S/C18H18N2O6S/c1-10-4-6-13-12(8-10)16(17(19-13)18(21)22)20-27(23,24)15-7-5-11(25-2)9-14(15)26-3/h4-9,19-20H,1-3H3,(H,21,22). The molecule has 0 unspecified atom stereocenters. The average Bonchev–Trinajstić information content (AvgIpc) is 2.98. The second kappa shape index (κ2) is 6.84. The number of methoxy groups -OCH3 is 2. The van der Waals surface area contributed by atoms with Crippen LogP contribution in [0.3, 0.4) is 0 Å². The van der Waals surface area contributed by atoms with E-state index in [-0.39, 0.29) is 22.0 Å². The molecular formula is C18H18N2O6S. The van der Waals surface area contributed by atoms with Crippen LogP contribution in [-0.4, -0.2) is 38.7 Å². The van der Waals surface area contributed by atoms with Gasteiger partial charge in [0.2, 0.25) is 0 Å². The Kier molecular flexibility index (Phi) is 4.71. The van der Waals surface area contributed by atoms with Crippen molar-refractivity contribution >= 4 is 32.6 Å². The van der Waals surface area contributed by atoms with Crippen molar-refractivity contribution < 1.29 is 27.8 Å². The molecule has 2 aromatic carbocycles. The molecule has 0 spiro atoms. The third kappa shape index (κ3) is 3.41. The van der Waals surface area contributed by atoms with E-state index in [9.17, 15) is 18.3 Å². The monoisotopic (exact) mass is 390 g/mol. The summed E-state index contributed by atoms with van der Waals surface area (Å²) in [4.78, 5) is 14.2. The molecule has 0 aliphatic carbocycles. The van der Waals surface area contributed by atoms with Gasteiger partial charge in [0, 0.05) is 17.0 Å².